The Morgan fingerprint density at radius 3 is 2.65 bits per heavy atom. The molecule has 0 aliphatic carbocycles. The van der Waals surface area contributed by atoms with E-state index in [1.54, 1.807) is 12.4 Å². The summed E-state index contributed by atoms with van der Waals surface area (Å²) in [6.07, 6.45) is 4.52. The number of hydrogen-bond donors (Lipinski definition) is 0. The number of ether oxygens (including phenoxy) is 1. The van der Waals surface area contributed by atoms with Gasteiger partial charge in [0.25, 0.3) is 5.91 Å². The topological polar surface area (TPSA) is 55.3 Å². The Labute approximate surface area is 136 Å². The zero-order valence-corrected chi connectivity index (χ0v) is 13.4. The summed E-state index contributed by atoms with van der Waals surface area (Å²) in [5.41, 5.74) is 1.47. The maximum atomic E-state index is 12.7. The SMILES string of the molecule is CC(C)[C@H]1CN(C(=O)c2cnccn2)C[C@@H](c2ccccc2)O1. The van der Waals surface area contributed by atoms with Crippen LogP contribution in [0.5, 0.6) is 0 Å². The largest absolute Gasteiger partial charge is 0.366 e. The molecule has 0 spiro atoms. The highest BCUT2D eigenvalue weighted by Gasteiger charge is 2.33. The minimum atomic E-state index is -0.113. The summed E-state index contributed by atoms with van der Waals surface area (Å²) in [4.78, 5) is 22.7. The van der Waals surface area contributed by atoms with E-state index in [-0.39, 0.29) is 18.1 Å². The molecule has 0 bridgehead atoms. The van der Waals surface area contributed by atoms with Gasteiger partial charge in [-0.05, 0) is 11.5 Å². The van der Waals surface area contributed by atoms with Crippen LogP contribution >= 0.6 is 0 Å². The van der Waals surface area contributed by atoms with Crippen LogP contribution in [0.3, 0.4) is 0 Å². The third-order valence-electron chi connectivity index (χ3n) is 4.11. The molecule has 0 radical (unpaired) electrons. The smallest absolute Gasteiger partial charge is 0.274 e. The zero-order chi connectivity index (χ0) is 16.2. The number of rotatable bonds is 3. The van der Waals surface area contributed by atoms with Crippen LogP contribution in [0.25, 0.3) is 0 Å². The lowest BCUT2D eigenvalue weighted by atomic mass is 10.0. The number of benzene rings is 1. The van der Waals surface area contributed by atoms with Crippen LogP contribution in [0.2, 0.25) is 0 Å². The highest BCUT2D eigenvalue weighted by atomic mass is 16.5. The van der Waals surface area contributed by atoms with Crippen molar-refractivity contribution in [2.75, 3.05) is 13.1 Å². The van der Waals surface area contributed by atoms with Gasteiger partial charge in [-0.2, -0.15) is 0 Å². The standard InChI is InChI=1S/C18H21N3O2/c1-13(2)16-11-21(18(22)15-10-19-8-9-20-15)12-17(23-16)14-6-4-3-5-7-14/h3-10,13,16-17H,11-12H2,1-2H3/t16-,17+/m1/s1. The van der Waals surface area contributed by atoms with Gasteiger partial charge in [-0.15, -0.1) is 0 Å². The molecule has 23 heavy (non-hydrogen) atoms. The fourth-order valence-corrected chi connectivity index (χ4v) is 2.75. The zero-order valence-electron chi connectivity index (χ0n) is 13.4. The van der Waals surface area contributed by atoms with Gasteiger partial charge in [0.1, 0.15) is 11.8 Å². The number of carbonyl (C=O) groups excluding carboxylic acids is 1. The van der Waals surface area contributed by atoms with Crippen molar-refractivity contribution in [1.82, 2.24) is 14.9 Å². The fraction of sp³-hybridized carbons (Fsp3) is 0.389. The number of aromatic nitrogens is 2. The highest BCUT2D eigenvalue weighted by Crippen LogP contribution is 2.28. The summed E-state index contributed by atoms with van der Waals surface area (Å²) in [5.74, 6) is 0.242. The quantitative estimate of drug-likeness (QED) is 0.874. The van der Waals surface area contributed by atoms with Crippen molar-refractivity contribution >= 4 is 5.91 Å². The molecule has 2 heterocycles. The molecule has 1 saturated heterocycles. The van der Waals surface area contributed by atoms with Crippen LogP contribution in [0.1, 0.15) is 36.0 Å². The van der Waals surface area contributed by atoms with Crippen molar-refractivity contribution in [2.24, 2.45) is 5.92 Å². The molecular weight excluding hydrogens is 290 g/mol. The van der Waals surface area contributed by atoms with Gasteiger partial charge in [-0.1, -0.05) is 44.2 Å². The Morgan fingerprint density at radius 2 is 2.00 bits per heavy atom. The molecule has 2 atom stereocenters. The van der Waals surface area contributed by atoms with Crippen molar-refractivity contribution in [2.45, 2.75) is 26.1 Å². The number of morpholine rings is 1. The van der Waals surface area contributed by atoms with Gasteiger partial charge in [0, 0.05) is 18.9 Å². The summed E-state index contributed by atoms with van der Waals surface area (Å²) in [6, 6.07) is 10.0. The van der Waals surface area contributed by atoms with Gasteiger partial charge in [0.15, 0.2) is 0 Å². The summed E-state index contributed by atoms with van der Waals surface area (Å²) in [7, 11) is 0. The second-order valence-electron chi connectivity index (χ2n) is 6.12. The molecule has 3 rings (SSSR count). The second-order valence-corrected chi connectivity index (χ2v) is 6.12. The van der Waals surface area contributed by atoms with E-state index in [1.807, 2.05) is 35.2 Å². The molecule has 5 heteroatoms. The average molecular weight is 311 g/mol. The summed E-state index contributed by atoms with van der Waals surface area (Å²) < 4.78 is 6.22. The van der Waals surface area contributed by atoms with Gasteiger partial charge in [0.2, 0.25) is 0 Å². The maximum Gasteiger partial charge on any atom is 0.274 e. The first-order valence-electron chi connectivity index (χ1n) is 7.91. The van der Waals surface area contributed by atoms with E-state index < -0.39 is 0 Å². The van der Waals surface area contributed by atoms with Crippen LogP contribution in [-0.4, -0.2) is 40.0 Å². The van der Waals surface area contributed by atoms with Gasteiger partial charge in [0.05, 0.1) is 18.8 Å². The molecule has 1 aliphatic rings. The van der Waals surface area contributed by atoms with Crippen molar-refractivity contribution in [1.29, 1.82) is 0 Å². The van der Waals surface area contributed by atoms with Crippen LogP contribution in [0.15, 0.2) is 48.9 Å². The number of carbonyl (C=O) groups is 1. The Kier molecular flexibility index (Phi) is 4.67. The van der Waals surface area contributed by atoms with E-state index in [0.717, 1.165) is 5.56 Å². The molecule has 0 unspecified atom stereocenters. The molecule has 1 fully saturated rings. The van der Waals surface area contributed by atoms with Crippen molar-refractivity contribution in [3.63, 3.8) is 0 Å². The third kappa shape index (κ3) is 3.56. The first-order valence-corrected chi connectivity index (χ1v) is 7.91. The maximum absolute atomic E-state index is 12.7. The minimum Gasteiger partial charge on any atom is -0.366 e. The molecule has 1 aromatic heterocycles. The van der Waals surface area contributed by atoms with Gasteiger partial charge in [-0.25, -0.2) is 4.98 Å². The van der Waals surface area contributed by atoms with E-state index in [4.69, 9.17) is 4.74 Å². The lowest BCUT2D eigenvalue weighted by molar-refractivity contribution is -0.0955. The van der Waals surface area contributed by atoms with Crippen molar-refractivity contribution in [3.05, 3.63) is 60.2 Å². The van der Waals surface area contributed by atoms with Gasteiger partial charge in [-0.3, -0.25) is 9.78 Å². The van der Waals surface area contributed by atoms with Crippen molar-refractivity contribution in [3.8, 4) is 0 Å². The van der Waals surface area contributed by atoms with E-state index in [0.29, 0.717) is 24.7 Å². The van der Waals surface area contributed by atoms with Gasteiger partial charge >= 0.3 is 0 Å². The summed E-state index contributed by atoms with van der Waals surface area (Å²) in [5, 5.41) is 0. The van der Waals surface area contributed by atoms with Gasteiger partial charge < -0.3 is 9.64 Å². The predicted molar refractivity (Wildman–Crippen MR) is 86.8 cm³/mol. The lowest BCUT2D eigenvalue weighted by Gasteiger charge is -2.39. The molecule has 0 saturated carbocycles. The molecule has 2 aromatic rings. The first-order chi connectivity index (χ1) is 11.1. The average Bonchev–Trinajstić information content (AvgIpc) is 2.62. The van der Waals surface area contributed by atoms with Crippen LogP contribution < -0.4 is 0 Å². The Hall–Kier alpha value is -2.27. The Morgan fingerprint density at radius 1 is 1.22 bits per heavy atom. The Balaban J connectivity index is 1.84. The van der Waals surface area contributed by atoms with E-state index in [9.17, 15) is 4.79 Å². The lowest BCUT2D eigenvalue weighted by Crippen LogP contribution is -2.48. The first kappa shape index (κ1) is 15.6. The number of nitrogens with zero attached hydrogens (tertiary/aromatic N) is 3. The fourth-order valence-electron chi connectivity index (χ4n) is 2.75. The van der Waals surface area contributed by atoms with E-state index in [1.165, 1.54) is 6.20 Å². The molecule has 120 valence electrons. The van der Waals surface area contributed by atoms with E-state index >= 15 is 0 Å². The third-order valence-corrected chi connectivity index (χ3v) is 4.11. The Bertz CT molecular complexity index is 646. The molecule has 0 N–H and O–H groups in total. The molecule has 1 aromatic carbocycles. The van der Waals surface area contributed by atoms with Crippen molar-refractivity contribution < 1.29 is 9.53 Å². The summed E-state index contributed by atoms with van der Waals surface area (Å²) >= 11 is 0. The normalized spacial score (nSPS) is 21.4. The number of hydrogen-bond acceptors (Lipinski definition) is 4. The van der Waals surface area contributed by atoms with E-state index in [2.05, 4.69) is 23.8 Å². The monoisotopic (exact) mass is 311 g/mol. The van der Waals surface area contributed by atoms with Crippen LogP contribution in [0.4, 0.5) is 0 Å². The van der Waals surface area contributed by atoms with Crippen LogP contribution in [0, 0.1) is 5.92 Å². The molecule has 1 amide bonds. The predicted octanol–water partition coefficient (Wildman–Crippen LogP) is 2.71. The van der Waals surface area contributed by atoms with Crippen LogP contribution in [-0.2, 0) is 4.74 Å². The molecule has 1 aliphatic heterocycles. The summed E-state index contributed by atoms with van der Waals surface area (Å²) in [6.45, 7) is 5.34. The highest BCUT2D eigenvalue weighted by molar-refractivity contribution is 5.92. The molecular formula is C18H21N3O2. The molecule has 5 nitrogen and oxygen atoms in total. The minimum absolute atomic E-state index is 0.00887. The number of amides is 1. The second kappa shape index (κ2) is 6.87.